The lowest BCUT2D eigenvalue weighted by atomic mass is 10.1. The van der Waals surface area contributed by atoms with Gasteiger partial charge in [0.15, 0.2) is 0 Å². The Balaban J connectivity index is 2.03. The van der Waals surface area contributed by atoms with Crippen LogP contribution in [0.15, 0.2) is 53.4 Å². The van der Waals surface area contributed by atoms with Gasteiger partial charge in [-0.2, -0.15) is 0 Å². The summed E-state index contributed by atoms with van der Waals surface area (Å²) in [6.45, 7) is 0. The number of fused-ring (bicyclic) bond motifs is 1. The van der Waals surface area contributed by atoms with Gasteiger partial charge in [-0.05, 0) is 17.7 Å². The van der Waals surface area contributed by atoms with Crippen LogP contribution in [0.3, 0.4) is 0 Å². The van der Waals surface area contributed by atoms with Crippen molar-refractivity contribution in [3.63, 3.8) is 0 Å². The van der Waals surface area contributed by atoms with Crippen molar-refractivity contribution in [2.24, 2.45) is 0 Å². The number of aliphatic hydroxyl groups is 1. The summed E-state index contributed by atoms with van der Waals surface area (Å²) < 4.78 is 0. The maximum atomic E-state index is 12.1. The number of amides is 1. The van der Waals surface area contributed by atoms with Crippen LogP contribution in [0.1, 0.15) is 10.8 Å². The lowest BCUT2D eigenvalue weighted by molar-refractivity contribution is -0.384. The van der Waals surface area contributed by atoms with Crippen LogP contribution in [0.5, 0.6) is 0 Å². The molecule has 112 valence electrons. The third kappa shape index (κ3) is 2.68. The van der Waals surface area contributed by atoms with Gasteiger partial charge in [0.25, 0.3) is 11.6 Å². The molecule has 0 bridgehead atoms. The molecule has 22 heavy (non-hydrogen) atoms. The van der Waals surface area contributed by atoms with E-state index in [0.717, 1.165) is 4.90 Å². The van der Waals surface area contributed by atoms with Gasteiger partial charge in [-0.3, -0.25) is 14.9 Å². The van der Waals surface area contributed by atoms with E-state index in [2.05, 4.69) is 5.32 Å². The van der Waals surface area contributed by atoms with E-state index in [-0.39, 0.29) is 5.69 Å². The molecule has 0 saturated carbocycles. The molecule has 2 aromatic carbocycles. The van der Waals surface area contributed by atoms with Crippen molar-refractivity contribution in [3.8, 4) is 0 Å². The number of carbonyl (C=O) groups excluding carboxylic acids is 1. The van der Waals surface area contributed by atoms with E-state index in [4.69, 9.17) is 0 Å². The number of aliphatic hydroxyl groups excluding tert-OH is 1. The van der Waals surface area contributed by atoms with Crippen LogP contribution < -0.4 is 5.32 Å². The first kappa shape index (κ1) is 14.6. The molecule has 1 heterocycles. The predicted molar refractivity (Wildman–Crippen MR) is 82.8 cm³/mol. The number of nitrogens with one attached hydrogen (secondary N) is 1. The predicted octanol–water partition coefficient (Wildman–Crippen LogP) is 2.74. The van der Waals surface area contributed by atoms with Gasteiger partial charge in [-0.1, -0.05) is 24.3 Å². The SMILES string of the molecule is O=C1Nc2ccccc2SC(c2cccc([N+](=O)[O-])c2)C1O. The van der Waals surface area contributed by atoms with Crippen molar-refractivity contribution in [1.82, 2.24) is 0 Å². The number of para-hydroxylation sites is 1. The van der Waals surface area contributed by atoms with Crippen LogP contribution in [0.25, 0.3) is 0 Å². The number of carbonyl (C=O) groups is 1. The zero-order valence-corrected chi connectivity index (χ0v) is 12.1. The fourth-order valence-electron chi connectivity index (χ4n) is 2.28. The minimum Gasteiger partial charge on any atom is -0.382 e. The van der Waals surface area contributed by atoms with E-state index >= 15 is 0 Å². The van der Waals surface area contributed by atoms with Gasteiger partial charge in [0.05, 0.1) is 15.9 Å². The summed E-state index contributed by atoms with van der Waals surface area (Å²) in [6, 6.07) is 13.2. The number of nitro benzene ring substituents is 1. The number of hydrogen-bond donors (Lipinski definition) is 2. The molecule has 0 aliphatic carbocycles. The highest BCUT2D eigenvalue weighted by Gasteiger charge is 2.33. The van der Waals surface area contributed by atoms with Crippen molar-refractivity contribution in [2.75, 3.05) is 5.32 Å². The molecule has 1 aliphatic rings. The molecule has 3 rings (SSSR count). The zero-order chi connectivity index (χ0) is 15.7. The second kappa shape index (κ2) is 5.78. The van der Waals surface area contributed by atoms with Crippen molar-refractivity contribution in [3.05, 3.63) is 64.2 Å². The van der Waals surface area contributed by atoms with Crippen LogP contribution in [0, 0.1) is 10.1 Å². The van der Waals surface area contributed by atoms with Gasteiger partial charge in [0, 0.05) is 17.0 Å². The molecule has 2 unspecified atom stereocenters. The maximum absolute atomic E-state index is 12.1. The number of hydrogen-bond acceptors (Lipinski definition) is 5. The zero-order valence-electron chi connectivity index (χ0n) is 11.3. The van der Waals surface area contributed by atoms with Gasteiger partial charge in [-0.15, -0.1) is 11.8 Å². The maximum Gasteiger partial charge on any atom is 0.269 e. The molecule has 0 fully saturated rings. The fraction of sp³-hybridized carbons (Fsp3) is 0.133. The first-order chi connectivity index (χ1) is 10.6. The average molecular weight is 316 g/mol. The van der Waals surface area contributed by atoms with E-state index in [0.29, 0.717) is 11.3 Å². The Labute approximate surface area is 130 Å². The summed E-state index contributed by atoms with van der Waals surface area (Å²) >= 11 is 1.31. The Morgan fingerprint density at radius 2 is 1.95 bits per heavy atom. The van der Waals surface area contributed by atoms with Crippen LogP contribution in [0.2, 0.25) is 0 Å². The number of nitro groups is 1. The molecule has 1 aliphatic heterocycles. The molecule has 7 heteroatoms. The van der Waals surface area contributed by atoms with E-state index in [1.807, 2.05) is 12.1 Å². The molecule has 0 spiro atoms. The molecular formula is C15H12N2O4S. The summed E-state index contributed by atoms with van der Waals surface area (Å²) in [4.78, 5) is 23.3. The van der Waals surface area contributed by atoms with E-state index in [9.17, 15) is 20.0 Å². The second-order valence-electron chi connectivity index (χ2n) is 4.82. The summed E-state index contributed by atoms with van der Waals surface area (Å²) in [5, 5.41) is 23.2. The van der Waals surface area contributed by atoms with Crippen LogP contribution in [0.4, 0.5) is 11.4 Å². The Hall–Kier alpha value is -2.38. The summed E-state index contributed by atoms with van der Waals surface area (Å²) in [6.07, 6.45) is -1.29. The number of thioether (sulfide) groups is 1. The molecule has 0 radical (unpaired) electrons. The van der Waals surface area contributed by atoms with Crippen molar-refractivity contribution in [2.45, 2.75) is 16.2 Å². The smallest absolute Gasteiger partial charge is 0.269 e. The van der Waals surface area contributed by atoms with E-state index < -0.39 is 22.2 Å². The van der Waals surface area contributed by atoms with E-state index in [1.165, 1.54) is 23.9 Å². The molecule has 2 aromatic rings. The summed E-state index contributed by atoms with van der Waals surface area (Å²) in [5.74, 6) is -0.519. The van der Waals surface area contributed by atoms with Crippen LogP contribution in [-0.4, -0.2) is 22.0 Å². The first-order valence-corrected chi connectivity index (χ1v) is 7.43. The van der Waals surface area contributed by atoms with Gasteiger partial charge < -0.3 is 10.4 Å². The van der Waals surface area contributed by atoms with E-state index in [1.54, 1.807) is 24.3 Å². The monoisotopic (exact) mass is 316 g/mol. The standard InChI is InChI=1S/C15H12N2O4S/c18-13-14(9-4-3-5-10(8-9)17(20)21)22-12-7-2-1-6-11(12)16-15(13)19/h1-8,13-14,18H,(H,16,19). The summed E-state index contributed by atoms with van der Waals surface area (Å²) in [7, 11) is 0. The number of rotatable bonds is 2. The van der Waals surface area contributed by atoms with Crippen molar-refractivity contribution in [1.29, 1.82) is 0 Å². The van der Waals surface area contributed by atoms with Crippen LogP contribution >= 0.6 is 11.8 Å². The minimum absolute atomic E-state index is 0.0664. The second-order valence-corrected chi connectivity index (χ2v) is 6.00. The minimum atomic E-state index is -1.29. The highest BCUT2D eigenvalue weighted by Crippen LogP contribution is 2.44. The molecule has 2 atom stereocenters. The topological polar surface area (TPSA) is 92.5 Å². The third-order valence-corrected chi connectivity index (χ3v) is 4.76. The highest BCUT2D eigenvalue weighted by molar-refractivity contribution is 7.99. The van der Waals surface area contributed by atoms with Gasteiger partial charge in [0.2, 0.25) is 0 Å². The number of nitrogens with zero attached hydrogens (tertiary/aromatic N) is 1. The Bertz CT molecular complexity index is 750. The quantitative estimate of drug-likeness (QED) is 0.656. The molecule has 2 N–H and O–H groups in total. The molecule has 1 amide bonds. The molecular weight excluding hydrogens is 304 g/mol. The first-order valence-electron chi connectivity index (χ1n) is 6.55. The number of non-ortho nitro benzene ring substituents is 1. The Morgan fingerprint density at radius 3 is 2.73 bits per heavy atom. The van der Waals surface area contributed by atoms with Crippen molar-refractivity contribution < 1.29 is 14.8 Å². The third-order valence-electron chi connectivity index (χ3n) is 3.36. The molecule has 0 aromatic heterocycles. The molecule has 0 saturated heterocycles. The summed E-state index contributed by atoms with van der Waals surface area (Å²) in [5.41, 5.74) is 1.10. The fourth-order valence-corrected chi connectivity index (χ4v) is 3.50. The van der Waals surface area contributed by atoms with Gasteiger partial charge >= 0.3 is 0 Å². The highest BCUT2D eigenvalue weighted by atomic mass is 32.2. The Morgan fingerprint density at radius 1 is 1.18 bits per heavy atom. The largest absolute Gasteiger partial charge is 0.382 e. The van der Waals surface area contributed by atoms with Gasteiger partial charge in [0.1, 0.15) is 6.10 Å². The lowest BCUT2D eigenvalue weighted by Crippen LogP contribution is -2.30. The van der Waals surface area contributed by atoms with Crippen LogP contribution in [-0.2, 0) is 4.79 Å². The normalized spacial score (nSPS) is 20.7. The molecule has 6 nitrogen and oxygen atoms in total. The number of benzene rings is 2. The number of anilines is 1. The Kier molecular flexibility index (Phi) is 3.82. The average Bonchev–Trinajstić information content (AvgIpc) is 2.65. The van der Waals surface area contributed by atoms with Crippen molar-refractivity contribution >= 4 is 29.0 Å². The lowest BCUT2D eigenvalue weighted by Gasteiger charge is -2.18. The van der Waals surface area contributed by atoms with Gasteiger partial charge in [-0.25, -0.2) is 0 Å².